The zero-order chi connectivity index (χ0) is 24.4. The normalized spacial score (nSPS) is 13.2. The second-order valence-electron chi connectivity index (χ2n) is 8.47. The molecule has 1 aliphatic rings. The molecule has 174 valence electrons. The number of halogens is 1. The van der Waals surface area contributed by atoms with Crippen LogP contribution < -0.4 is 15.1 Å². The average Bonchev–Trinajstić information content (AvgIpc) is 3.71. The Kier molecular flexibility index (Phi) is 6.07. The van der Waals surface area contributed by atoms with Crippen molar-refractivity contribution in [1.29, 1.82) is 5.26 Å². The maximum absolute atomic E-state index is 13.9. The number of hydrogen-bond acceptors (Lipinski definition) is 5. The van der Waals surface area contributed by atoms with Crippen LogP contribution in [0.4, 0.5) is 4.39 Å². The third kappa shape index (κ3) is 4.67. The Balaban J connectivity index is 1.65. The molecule has 6 heteroatoms. The minimum atomic E-state index is -0.632. The Hall–Kier alpha value is -4.37. The van der Waals surface area contributed by atoms with Gasteiger partial charge in [-0.15, -0.1) is 0 Å². The van der Waals surface area contributed by atoms with Gasteiger partial charge in [0.25, 0.3) is 0 Å². The molecule has 1 heterocycles. The molecular weight excluding hydrogens is 445 g/mol. The van der Waals surface area contributed by atoms with Crippen LogP contribution in [0.1, 0.15) is 29.7 Å². The minimum absolute atomic E-state index is 0.149. The number of nitriles is 1. The van der Waals surface area contributed by atoms with Crippen LogP contribution >= 0.6 is 0 Å². The van der Waals surface area contributed by atoms with Crippen molar-refractivity contribution in [2.24, 2.45) is 5.92 Å². The van der Waals surface area contributed by atoms with Gasteiger partial charge in [0, 0.05) is 16.5 Å². The molecule has 1 aliphatic carbocycles. The smallest absolute Gasteiger partial charge is 0.344 e. The first kappa shape index (κ1) is 22.4. The zero-order valence-electron chi connectivity index (χ0n) is 19.1. The summed E-state index contributed by atoms with van der Waals surface area (Å²) in [7, 11) is 1.59. The fraction of sp³-hybridized carbons (Fsp3) is 0.172. The quantitative estimate of drug-likeness (QED) is 0.313. The molecule has 0 amide bonds. The van der Waals surface area contributed by atoms with Crippen molar-refractivity contribution in [3.05, 3.63) is 93.8 Å². The Morgan fingerprint density at radius 3 is 2.60 bits per heavy atom. The first-order valence-electron chi connectivity index (χ1n) is 11.3. The molecule has 35 heavy (non-hydrogen) atoms. The number of methoxy groups -OCH3 is 1. The molecule has 0 aliphatic heterocycles. The van der Waals surface area contributed by atoms with Crippen LogP contribution in [0.2, 0.25) is 0 Å². The van der Waals surface area contributed by atoms with E-state index in [1.165, 1.54) is 12.1 Å². The Morgan fingerprint density at radius 2 is 1.89 bits per heavy atom. The number of hydrogen-bond donors (Lipinski definition) is 0. The van der Waals surface area contributed by atoms with E-state index in [2.05, 4.69) is 6.07 Å². The van der Waals surface area contributed by atoms with Gasteiger partial charge in [0.2, 0.25) is 0 Å². The molecule has 0 N–H and O–H groups in total. The first-order valence-corrected chi connectivity index (χ1v) is 11.3. The van der Waals surface area contributed by atoms with Gasteiger partial charge in [0.15, 0.2) is 11.5 Å². The van der Waals surface area contributed by atoms with Crippen molar-refractivity contribution in [1.82, 2.24) is 0 Å². The van der Waals surface area contributed by atoms with Crippen LogP contribution in [0, 0.1) is 23.1 Å². The van der Waals surface area contributed by atoms with Gasteiger partial charge in [-0.05, 0) is 66.8 Å². The monoisotopic (exact) mass is 467 g/mol. The van der Waals surface area contributed by atoms with Gasteiger partial charge in [0.05, 0.1) is 30.7 Å². The van der Waals surface area contributed by atoms with Gasteiger partial charge in [-0.25, -0.2) is 9.18 Å². The van der Waals surface area contributed by atoms with Crippen molar-refractivity contribution >= 4 is 22.9 Å². The van der Waals surface area contributed by atoms with Crippen LogP contribution in [0.25, 0.3) is 34.1 Å². The number of ether oxygens (including phenoxy) is 2. The largest absolute Gasteiger partial charge is 0.493 e. The number of benzene rings is 3. The molecule has 0 saturated heterocycles. The summed E-state index contributed by atoms with van der Waals surface area (Å²) in [5.41, 5.74) is 2.01. The molecule has 1 aromatic heterocycles. The summed E-state index contributed by atoms with van der Waals surface area (Å²) in [6.07, 6.45) is 5.84. The van der Waals surface area contributed by atoms with Gasteiger partial charge >= 0.3 is 5.63 Å². The summed E-state index contributed by atoms with van der Waals surface area (Å²) in [4.78, 5) is 12.7. The van der Waals surface area contributed by atoms with Crippen LogP contribution in [0.3, 0.4) is 0 Å². The second kappa shape index (κ2) is 9.47. The van der Waals surface area contributed by atoms with Crippen molar-refractivity contribution in [2.45, 2.75) is 12.8 Å². The summed E-state index contributed by atoms with van der Waals surface area (Å²) in [6, 6.07) is 18.7. The Bertz CT molecular complexity index is 1530. The standard InChI is InChI=1S/C29H22FNO4/c1-33-26-4-2-3-21(28(26)34-17-19-5-6-19)11-14-25-27(20-9-7-18(16-31)8-10-20)23-13-12-22(30)15-24(23)29(32)35-25/h2-4,7-15,19H,5-6,17H2,1H3. The van der Waals surface area contributed by atoms with Crippen LogP contribution in [-0.4, -0.2) is 13.7 Å². The fourth-order valence-electron chi connectivity index (χ4n) is 4.00. The lowest BCUT2D eigenvalue weighted by molar-refractivity contribution is 0.280. The number of para-hydroxylation sites is 1. The van der Waals surface area contributed by atoms with Gasteiger partial charge < -0.3 is 13.9 Å². The predicted molar refractivity (Wildman–Crippen MR) is 133 cm³/mol. The van der Waals surface area contributed by atoms with E-state index in [0.717, 1.165) is 24.0 Å². The van der Waals surface area contributed by atoms with Gasteiger partial charge in [-0.1, -0.05) is 30.3 Å². The topological polar surface area (TPSA) is 72.5 Å². The predicted octanol–water partition coefficient (Wildman–Crippen LogP) is 6.44. The van der Waals surface area contributed by atoms with Crippen molar-refractivity contribution in [3.8, 4) is 28.7 Å². The number of nitrogens with zero attached hydrogens (tertiary/aromatic N) is 1. The lowest BCUT2D eigenvalue weighted by atomic mass is 9.97. The molecule has 5 nitrogen and oxygen atoms in total. The summed E-state index contributed by atoms with van der Waals surface area (Å²) >= 11 is 0. The Morgan fingerprint density at radius 1 is 1.09 bits per heavy atom. The van der Waals surface area contributed by atoms with E-state index < -0.39 is 11.4 Å². The van der Waals surface area contributed by atoms with Gasteiger partial charge in [-0.3, -0.25) is 0 Å². The molecule has 5 rings (SSSR count). The highest BCUT2D eigenvalue weighted by atomic mass is 19.1. The molecule has 1 saturated carbocycles. The molecule has 0 unspecified atom stereocenters. The number of fused-ring (bicyclic) bond motifs is 1. The lowest BCUT2D eigenvalue weighted by Gasteiger charge is -2.13. The number of rotatable bonds is 7. The third-order valence-corrected chi connectivity index (χ3v) is 6.03. The van der Waals surface area contributed by atoms with E-state index in [-0.39, 0.29) is 5.39 Å². The summed E-state index contributed by atoms with van der Waals surface area (Å²) in [5.74, 6) is 1.61. The molecule has 3 aromatic carbocycles. The van der Waals surface area contributed by atoms with E-state index in [0.29, 0.717) is 46.3 Å². The van der Waals surface area contributed by atoms with Crippen LogP contribution in [0.15, 0.2) is 69.9 Å². The fourth-order valence-corrected chi connectivity index (χ4v) is 4.00. The highest BCUT2D eigenvalue weighted by molar-refractivity contribution is 5.99. The summed E-state index contributed by atoms with van der Waals surface area (Å²) in [6.45, 7) is 0.619. The summed E-state index contributed by atoms with van der Waals surface area (Å²) in [5, 5.41) is 9.88. The van der Waals surface area contributed by atoms with E-state index in [4.69, 9.17) is 19.2 Å². The average molecular weight is 467 g/mol. The first-order chi connectivity index (χ1) is 17.1. The van der Waals surface area contributed by atoms with Crippen LogP contribution in [0.5, 0.6) is 11.5 Å². The maximum Gasteiger partial charge on any atom is 0.344 e. The van der Waals surface area contributed by atoms with Gasteiger partial charge in [0.1, 0.15) is 11.6 Å². The highest BCUT2D eigenvalue weighted by Crippen LogP contribution is 2.37. The molecular formula is C29H22FNO4. The maximum atomic E-state index is 13.9. The van der Waals surface area contributed by atoms with E-state index in [9.17, 15) is 9.18 Å². The Labute approximate surface area is 201 Å². The molecule has 0 bridgehead atoms. The molecule has 0 spiro atoms. The molecule has 0 atom stereocenters. The lowest BCUT2D eigenvalue weighted by Crippen LogP contribution is -2.04. The molecule has 1 fully saturated rings. The molecule has 4 aromatic rings. The second-order valence-corrected chi connectivity index (χ2v) is 8.47. The third-order valence-electron chi connectivity index (χ3n) is 6.03. The van der Waals surface area contributed by atoms with E-state index in [1.54, 1.807) is 43.5 Å². The highest BCUT2D eigenvalue weighted by Gasteiger charge is 2.23. The van der Waals surface area contributed by atoms with E-state index >= 15 is 0 Å². The zero-order valence-corrected chi connectivity index (χ0v) is 19.1. The van der Waals surface area contributed by atoms with Crippen molar-refractivity contribution < 1.29 is 18.3 Å². The minimum Gasteiger partial charge on any atom is -0.493 e. The molecule has 0 radical (unpaired) electrons. The van der Waals surface area contributed by atoms with Crippen molar-refractivity contribution in [3.63, 3.8) is 0 Å². The van der Waals surface area contributed by atoms with E-state index in [1.807, 2.05) is 24.3 Å². The van der Waals surface area contributed by atoms with Crippen molar-refractivity contribution in [2.75, 3.05) is 13.7 Å². The summed E-state index contributed by atoms with van der Waals surface area (Å²) < 4.78 is 31.2. The SMILES string of the molecule is COc1cccc(C=Cc2oc(=O)c3cc(F)ccc3c2-c2ccc(C#N)cc2)c1OCC1CC1. The van der Waals surface area contributed by atoms with Crippen LogP contribution in [-0.2, 0) is 0 Å². The van der Waals surface area contributed by atoms with Gasteiger partial charge in [-0.2, -0.15) is 5.26 Å².